The molecule has 0 aromatic heterocycles. The second-order valence-corrected chi connectivity index (χ2v) is 5.15. The number of hydrogen-bond acceptors (Lipinski definition) is 3. The Hall–Kier alpha value is -0.970. The Kier molecular flexibility index (Phi) is 10.2. The third-order valence-electron chi connectivity index (χ3n) is 2.84. The first-order chi connectivity index (χ1) is 9.54. The molecule has 1 aromatic carbocycles. The zero-order chi connectivity index (χ0) is 15.0. The van der Waals surface area contributed by atoms with Crippen LogP contribution in [0.3, 0.4) is 0 Å². The Balaban J connectivity index is 0.00000400. The zero-order valence-corrected chi connectivity index (χ0v) is 14.3. The fraction of sp³-hybridized carbons (Fsp3) is 0.533. The molecule has 0 saturated carbocycles. The van der Waals surface area contributed by atoms with Gasteiger partial charge in [0.1, 0.15) is 5.75 Å². The summed E-state index contributed by atoms with van der Waals surface area (Å²) >= 11 is 5.88. The van der Waals surface area contributed by atoms with Gasteiger partial charge >= 0.3 is 0 Å². The van der Waals surface area contributed by atoms with Gasteiger partial charge in [-0.15, -0.1) is 12.4 Å². The highest BCUT2D eigenvalue weighted by Crippen LogP contribution is 2.22. The number of carbonyl (C=O) groups is 1. The van der Waals surface area contributed by atoms with Crippen LogP contribution in [0.2, 0.25) is 5.02 Å². The van der Waals surface area contributed by atoms with Gasteiger partial charge in [0.2, 0.25) is 0 Å². The van der Waals surface area contributed by atoms with E-state index in [-0.39, 0.29) is 18.3 Å². The van der Waals surface area contributed by atoms with Gasteiger partial charge in [-0.25, -0.2) is 0 Å². The Morgan fingerprint density at radius 3 is 2.67 bits per heavy atom. The monoisotopic (exact) mass is 334 g/mol. The lowest BCUT2D eigenvalue weighted by Gasteiger charge is -2.16. The fourth-order valence-corrected chi connectivity index (χ4v) is 1.94. The summed E-state index contributed by atoms with van der Waals surface area (Å²) in [6.07, 6.45) is 0.560. The molecule has 21 heavy (non-hydrogen) atoms. The molecule has 6 heteroatoms. The van der Waals surface area contributed by atoms with Gasteiger partial charge in [0.25, 0.3) is 5.91 Å². The van der Waals surface area contributed by atoms with Crippen molar-refractivity contribution in [3.63, 3.8) is 0 Å². The lowest BCUT2D eigenvalue weighted by molar-refractivity contribution is -0.127. The minimum absolute atomic E-state index is 0. The largest absolute Gasteiger partial charge is 0.481 e. The minimum Gasteiger partial charge on any atom is -0.481 e. The van der Waals surface area contributed by atoms with Crippen LogP contribution in [-0.2, 0) is 4.79 Å². The molecule has 1 atom stereocenters. The highest BCUT2D eigenvalue weighted by atomic mass is 35.5. The van der Waals surface area contributed by atoms with Crippen LogP contribution in [0.25, 0.3) is 0 Å². The first kappa shape index (κ1) is 20.0. The van der Waals surface area contributed by atoms with E-state index in [1.165, 1.54) is 0 Å². The molecule has 1 aromatic rings. The number of hydrogen-bond donors (Lipinski definition) is 2. The van der Waals surface area contributed by atoms with Gasteiger partial charge in [0, 0.05) is 18.1 Å². The molecule has 0 saturated heterocycles. The van der Waals surface area contributed by atoms with Crippen LogP contribution in [-0.4, -0.2) is 31.6 Å². The van der Waals surface area contributed by atoms with Crippen molar-refractivity contribution < 1.29 is 9.53 Å². The number of carbonyl (C=O) groups excluding carboxylic acids is 1. The summed E-state index contributed by atoms with van der Waals surface area (Å²) in [6, 6.07) is 5.35. The molecule has 1 rings (SSSR count). The predicted octanol–water partition coefficient (Wildman–Crippen LogP) is 2.95. The highest BCUT2D eigenvalue weighted by Gasteiger charge is 2.14. The molecular weight excluding hydrogens is 311 g/mol. The number of benzene rings is 1. The number of amides is 1. The average Bonchev–Trinajstić information content (AvgIpc) is 2.41. The quantitative estimate of drug-likeness (QED) is 0.718. The third kappa shape index (κ3) is 7.55. The summed E-state index contributed by atoms with van der Waals surface area (Å²) in [5.74, 6) is 0.568. The van der Waals surface area contributed by atoms with Crippen LogP contribution >= 0.6 is 24.0 Å². The summed E-state index contributed by atoms with van der Waals surface area (Å²) < 4.78 is 5.65. The molecule has 0 fully saturated rings. The summed E-state index contributed by atoms with van der Waals surface area (Å²) in [6.45, 7) is 8.09. The van der Waals surface area contributed by atoms with Crippen molar-refractivity contribution >= 4 is 29.9 Å². The first-order valence-corrected chi connectivity index (χ1v) is 7.33. The van der Waals surface area contributed by atoms with Crippen molar-refractivity contribution in [2.75, 3.05) is 19.6 Å². The van der Waals surface area contributed by atoms with Crippen molar-refractivity contribution in [3.05, 3.63) is 28.8 Å². The molecule has 0 bridgehead atoms. The second-order valence-electron chi connectivity index (χ2n) is 4.71. The maximum absolute atomic E-state index is 11.9. The molecule has 0 aliphatic rings. The van der Waals surface area contributed by atoms with E-state index in [4.69, 9.17) is 16.3 Å². The van der Waals surface area contributed by atoms with E-state index >= 15 is 0 Å². The van der Waals surface area contributed by atoms with Crippen molar-refractivity contribution in [1.29, 1.82) is 0 Å². The SMILES string of the molecule is CCCNCCNC(=O)C(C)Oc1ccc(Cl)cc1C.Cl. The Bertz CT molecular complexity index is 442. The van der Waals surface area contributed by atoms with Crippen molar-refractivity contribution in [2.45, 2.75) is 33.3 Å². The van der Waals surface area contributed by atoms with Gasteiger partial charge < -0.3 is 15.4 Å². The maximum Gasteiger partial charge on any atom is 0.260 e. The predicted molar refractivity (Wildman–Crippen MR) is 89.7 cm³/mol. The first-order valence-electron chi connectivity index (χ1n) is 6.95. The number of nitrogens with one attached hydrogen (secondary N) is 2. The van der Waals surface area contributed by atoms with Gasteiger partial charge in [-0.05, 0) is 50.6 Å². The normalized spacial score (nSPS) is 11.4. The van der Waals surface area contributed by atoms with Crippen LogP contribution in [0, 0.1) is 6.92 Å². The van der Waals surface area contributed by atoms with Crippen molar-refractivity contribution in [1.82, 2.24) is 10.6 Å². The molecule has 0 heterocycles. The molecule has 120 valence electrons. The van der Waals surface area contributed by atoms with E-state index in [2.05, 4.69) is 17.6 Å². The maximum atomic E-state index is 11.9. The standard InChI is InChI=1S/C15H23ClN2O2.ClH/c1-4-7-17-8-9-18-15(19)12(3)20-14-6-5-13(16)10-11(14)2;/h5-6,10,12,17H,4,7-9H2,1-3H3,(H,18,19);1H. The average molecular weight is 335 g/mol. The fourth-order valence-electron chi connectivity index (χ4n) is 1.71. The van der Waals surface area contributed by atoms with E-state index in [0.717, 1.165) is 25.1 Å². The van der Waals surface area contributed by atoms with Crippen LogP contribution in [0.4, 0.5) is 0 Å². The topological polar surface area (TPSA) is 50.4 Å². The Morgan fingerprint density at radius 1 is 1.33 bits per heavy atom. The molecule has 1 unspecified atom stereocenters. The molecule has 0 radical (unpaired) electrons. The van der Waals surface area contributed by atoms with Gasteiger partial charge in [0.05, 0.1) is 0 Å². The number of ether oxygens (including phenoxy) is 1. The minimum atomic E-state index is -0.527. The van der Waals surface area contributed by atoms with Crippen LogP contribution in [0.15, 0.2) is 18.2 Å². The smallest absolute Gasteiger partial charge is 0.260 e. The second kappa shape index (κ2) is 10.7. The van der Waals surface area contributed by atoms with Crippen LogP contribution in [0.1, 0.15) is 25.8 Å². The Labute approximate surface area is 138 Å². The Morgan fingerprint density at radius 2 is 2.05 bits per heavy atom. The third-order valence-corrected chi connectivity index (χ3v) is 3.07. The highest BCUT2D eigenvalue weighted by molar-refractivity contribution is 6.30. The lowest BCUT2D eigenvalue weighted by atomic mass is 10.2. The van der Waals surface area contributed by atoms with Crippen molar-refractivity contribution in [2.24, 2.45) is 0 Å². The molecule has 1 amide bonds. The summed E-state index contributed by atoms with van der Waals surface area (Å²) in [7, 11) is 0. The molecule has 4 nitrogen and oxygen atoms in total. The van der Waals surface area contributed by atoms with Gasteiger partial charge in [0.15, 0.2) is 6.10 Å². The molecule has 0 aliphatic heterocycles. The van der Waals surface area contributed by atoms with Crippen LogP contribution < -0.4 is 15.4 Å². The van der Waals surface area contributed by atoms with Crippen molar-refractivity contribution in [3.8, 4) is 5.75 Å². The summed E-state index contributed by atoms with van der Waals surface area (Å²) in [5, 5.41) is 6.73. The van der Waals surface area contributed by atoms with E-state index in [1.54, 1.807) is 19.1 Å². The van der Waals surface area contributed by atoms with E-state index in [1.807, 2.05) is 13.0 Å². The number of rotatable bonds is 8. The van der Waals surface area contributed by atoms with Gasteiger partial charge in [-0.1, -0.05) is 18.5 Å². The van der Waals surface area contributed by atoms with E-state index < -0.39 is 6.10 Å². The van der Waals surface area contributed by atoms with E-state index in [0.29, 0.717) is 17.3 Å². The number of halogens is 2. The summed E-state index contributed by atoms with van der Waals surface area (Å²) in [5.41, 5.74) is 0.918. The lowest BCUT2D eigenvalue weighted by Crippen LogP contribution is -2.39. The van der Waals surface area contributed by atoms with Gasteiger partial charge in [-0.2, -0.15) is 0 Å². The molecule has 0 spiro atoms. The van der Waals surface area contributed by atoms with Gasteiger partial charge in [-0.3, -0.25) is 4.79 Å². The summed E-state index contributed by atoms with van der Waals surface area (Å²) in [4.78, 5) is 11.9. The van der Waals surface area contributed by atoms with E-state index in [9.17, 15) is 4.79 Å². The van der Waals surface area contributed by atoms with Crippen LogP contribution in [0.5, 0.6) is 5.75 Å². The molecule has 2 N–H and O–H groups in total. The molecule has 0 aliphatic carbocycles. The number of aryl methyl sites for hydroxylation is 1. The molecular formula is C15H24Cl2N2O2. The zero-order valence-electron chi connectivity index (χ0n) is 12.7.